The topological polar surface area (TPSA) is 92.5 Å². The molecule has 1 heterocycles. The number of rotatable bonds is 7. The lowest BCUT2D eigenvalue weighted by Crippen LogP contribution is -2.26. The van der Waals surface area contributed by atoms with Gasteiger partial charge in [-0.3, -0.25) is 4.79 Å². The van der Waals surface area contributed by atoms with Crippen LogP contribution in [0, 0.1) is 0 Å². The molecule has 0 spiro atoms. The second-order valence-corrected chi connectivity index (χ2v) is 6.80. The van der Waals surface area contributed by atoms with Crippen molar-refractivity contribution in [2.24, 2.45) is 5.73 Å². The van der Waals surface area contributed by atoms with Crippen LogP contribution in [-0.4, -0.2) is 34.0 Å². The van der Waals surface area contributed by atoms with Gasteiger partial charge in [0.1, 0.15) is 0 Å². The van der Waals surface area contributed by atoms with E-state index in [1.165, 1.54) is 12.1 Å². The highest BCUT2D eigenvalue weighted by molar-refractivity contribution is 7.89. The SMILES string of the molecule is Cl.NCCCCNS(=O)(=O)c1ccc(N2CCCC2=O)cc1. The minimum Gasteiger partial charge on any atom is -0.330 e. The fraction of sp³-hybridized carbons (Fsp3) is 0.500. The first kappa shape index (κ1) is 18.9. The van der Waals surface area contributed by atoms with Gasteiger partial charge in [0.25, 0.3) is 0 Å². The minimum atomic E-state index is -3.49. The molecule has 0 atom stereocenters. The first-order valence-electron chi connectivity index (χ1n) is 7.15. The van der Waals surface area contributed by atoms with E-state index >= 15 is 0 Å². The molecule has 8 heteroatoms. The predicted molar refractivity (Wildman–Crippen MR) is 88.8 cm³/mol. The Labute approximate surface area is 137 Å². The van der Waals surface area contributed by atoms with Crippen LogP contribution < -0.4 is 15.4 Å². The molecule has 1 amide bonds. The van der Waals surface area contributed by atoms with Crippen LogP contribution in [0.2, 0.25) is 0 Å². The van der Waals surface area contributed by atoms with Crippen molar-refractivity contribution in [3.05, 3.63) is 24.3 Å². The van der Waals surface area contributed by atoms with Gasteiger partial charge in [0.05, 0.1) is 4.90 Å². The number of nitrogens with two attached hydrogens (primary N) is 1. The van der Waals surface area contributed by atoms with Crippen molar-refractivity contribution in [1.29, 1.82) is 0 Å². The minimum absolute atomic E-state index is 0. The molecule has 6 nitrogen and oxygen atoms in total. The number of nitrogens with one attached hydrogen (secondary N) is 1. The average Bonchev–Trinajstić information content (AvgIpc) is 2.90. The summed E-state index contributed by atoms with van der Waals surface area (Å²) in [6.45, 7) is 1.63. The number of sulfonamides is 1. The largest absolute Gasteiger partial charge is 0.330 e. The molecule has 0 unspecified atom stereocenters. The lowest BCUT2D eigenvalue weighted by molar-refractivity contribution is -0.117. The third-order valence-electron chi connectivity index (χ3n) is 3.46. The average molecular weight is 348 g/mol. The van der Waals surface area contributed by atoms with Gasteiger partial charge in [-0.25, -0.2) is 13.1 Å². The highest BCUT2D eigenvalue weighted by Gasteiger charge is 2.22. The quantitative estimate of drug-likeness (QED) is 0.726. The van der Waals surface area contributed by atoms with Crippen LogP contribution in [0.1, 0.15) is 25.7 Å². The van der Waals surface area contributed by atoms with Crippen molar-refractivity contribution >= 4 is 34.0 Å². The van der Waals surface area contributed by atoms with Crippen LogP contribution in [0.15, 0.2) is 29.2 Å². The van der Waals surface area contributed by atoms with Gasteiger partial charge in [-0.2, -0.15) is 0 Å². The Morgan fingerprint density at radius 2 is 1.86 bits per heavy atom. The number of nitrogens with zero attached hydrogens (tertiary/aromatic N) is 1. The number of carbonyl (C=O) groups excluding carboxylic acids is 1. The van der Waals surface area contributed by atoms with Gasteiger partial charge in [0.2, 0.25) is 15.9 Å². The Morgan fingerprint density at radius 1 is 1.18 bits per heavy atom. The van der Waals surface area contributed by atoms with E-state index in [0.29, 0.717) is 26.1 Å². The summed E-state index contributed by atoms with van der Waals surface area (Å²) >= 11 is 0. The molecule has 0 bridgehead atoms. The lowest BCUT2D eigenvalue weighted by Gasteiger charge is -2.16. The Bertz CT molecular complexity index is 590. The molecule has 1 aliphatic rings. The molecule has 22 heavy (non-hydrogen) atoms. The van der Waals surface area contributed by atoms with Crippen molar-refractivity contribution in [1.82, 2.24) is 4.72 Å². The highest BCUT2D eigenvalue weighted by Crippen LogP contribution is 2.22. The van der Waals surface area contributed by atoms with E-state index in [1.54, 1.807) is 17.0 Å². The van der Waals surface area contributed by atoms with E-state index in [4.69, 9.17) is 5.73 Å². The highest BCUT2D eigenvalue weighted by atomic mass is 35.5. The first-order valence-corrected chi connectivity index (χ1v) is 8.63. The molecule has 0 aliphatic carbocycles. The van der Waals surface area contributed by atoms with Gasteiger partial charge >= 0.3 is 0 Å². The molecule has 124 valence electrons. The van der Waals surface area contributed by atoms with Gasteiger partial charge in [-0.15, -0.1) is 12.4 Å². The number of carbonyl (C=O) groups is 1. The molecule has 0 aromatic heterocycles. The van der Waals surface area contributed by atoms with Crippen molar-refractivity contribution in [2.45, 2.75) is 30.6 Å². The number of anilines is 1. The molecule has 3 N–H and O–H groups in total. The number of benzene rings is 1. The monoisotopic (exact) mass is 347 g/mol. The second-order valence-electron chi connectivity index (χ2n) is 5.04. The molecule has 1 saturated heterocycles. The summed E-state index contributed by atoms with van der Waals surface area (Å²) in [5.74, 6) is 0.0884. The number of unbranched alkanes of at least 4 members (excludes halogenated alkanes) is 1. The predicted octanol–water partition coefficient (Wildman–Crippen LogP) is 1.25. The van der Waals surface area contributed by atoms with E-state index in [0.717, 1.165) is 24.9 Å². The van der Waals surface area contributed by atoms with Crippen molar-refractivity contribution in [2.75, 3.05) is 24.5 Å². The Morgan fingerprint density at radius 3 is 2.41 bits per heavy atom. The zero-order chi connectivity index (χ0) is 15.3. The molecule has 0 saturated carbocycles. The van der Waals surface area contributed by atoms with Crippen molar-refractivity contribution in [3.8, 4) is 0 Å². The number of hydrogen-bond donors (Lipinski definition) is 2. The fourth-order valence-electron chi connectivity index (χ4n) is 2.29. The van der Waals surface area contributed by atoms with E-state index in [-0.39, 0.29) is 23.2 Å². The van der Waals surface area contributed by atoms with Crippen LogP contribution in [0.5, 0.6) is 0 Å². The summed E-state index contributed by atoms with van der Waals surface area (Å²) in [6.07, 6.45) is 2.92. The van der Waals surface area contributed by atoms with Crippen LogP contribution >= 0.6 is 12.4 Å². The maximum absolute atomic E-state index is 12.1. The third-order valence-corrected chi connectivity index (χ3v) is 4.93. The van der Waals surface area contributed by atoms with Gasteiger partial charge < -0.3 is 10.6 Å². The summed E-state index contributed by atoms with van der Waals surface area (Å²) in [7, 11) is -3.49. The van der Waals surface area contributed by atoms with E-state index in [2.05, 4.69) is 4.72 Å². The van der Waals surface area contributed by atoms with Gasteiger partial charge in [0, 0.05) is 25.2 Å². The van der Waals surface area contributed by atoms with Gasteiger partial charge in [-0.05, 0) is 50.1 Å². The van der Waals surface area contributed by atoms with Crippen molar-refractivity contribution in [3.63, 3.8) is 0 Å². The summed E-state index contributed by atoms with van der Waals surface area (Å²) in [6, 6.07) is 6.42. The zero-order valence-corrected chi connectivity index (χ0v) is 14.0. The molecule has 1 aromatic rings. The fourth-order valence-corrected chi connectivity index (χ4v) is 3.36. The normalized spacial score (nSPS) is 15.0. The first-order chi connectivity index (χ1) is 10.0. The standard InChI is InChI=1S/C14H21N3O3S.ClH/c15-9-1-2-10-16-21(19,20)13-7-5-12(6-8-13)17-11-3-4-14(17)18;/h5-8,16H,1-4,9-11,15H2;1H. The second kappa shape index (κ2) is 8.47. The number of hydrogen-bond acceptors (Lipinski definition) is 4. The molecule has 1 aliphatic heterocycles. The molecule has 1 fully saturated rings. The molecule has 2 rings (SSSR count). The van der Waals surface area contributed by atoms with Crippen LogP contribution in [0.3, 0.4) is 0 Å². The van der Waals surface area contributed by atoms with E-state index < -0.39 is 10.0 Å². The molecular formula is C14H22ClN3O3S. The third kappa shape index (κ3) is 4.67. The Kier molecular flexibility index (Phi) is 7.28. The van der Waals surface area contributed by atoms with Gasteiger partial charge in [-0.1, -0.05) is 0 Å². The maximum Gasteiger partial charge on any atom is 0.240 e. The van der Waals surface area contributed by atoms with Crippen LogP contribution in [0.25, 0.3) is 0 Å². The van der Waals surface area contributed by atoms with E-state index in [1.807, 2.05) is 0 Å². The van der Waals surface area contributed by atoms with Crippen LogP contribution in [-0.2, 0) is 14.8 Å². The Balaban J connectivity index is 0.00000242. The zero-order valence-electron chi connectivity index (χ0n) is 12.3. The smallest absolute Gasteiger partial charge is 0.240 e. The number of halogens is 1. The lowest BCUT2D eigenvalue weighted by atomic mass is 10.3. The summed E-state index contributed by atoms with van der Waals surface area (Å²) in [5, 5.41) is 0. The molecule has 0 radical (unpaired) electrons. The summed E-state index contributed by atoms with van der Waals surface area (Å²) in [4.78, 5) is 13.5. The van der Waals surface area contributed by atoms with Crippen molar-refractivity contribution < 1.29 is 13.2 Å². The molecular weight excluding hydrogens is 326 g/mol. The summed E-state index contributed by atoms with van der Waals surface area (Å²) < 4.78 is 26.7. The maximum atomic E-state index is 12.1. The summed E-state index contributed by atoms with van der Waals surface area (Å²) in [5.41, 5.74) is 6.12. The van der Waals surface area contributed by atoms with Gasteiger partial charge in [0.15, 0.2) is 0 Å². The Hall–Kier alpha value is -1.15. The van der Waals surface area contributed by atoms with Crippen LogP contribution in [0.4, 0.5) is 5.69 Å². The number of amides is 1. The van der Waals surface area contributed by atoms with E-state index in [9.17, 15) is 13.2 Å². The molecule has 1 aromatic carbocycles.